The lowest BCUT2D eigenvalue weighted by Crippen LogP contribution is -2.09. The molecule has 0 radical (unpaired) electrons. The van der Waals surface area contributed by atoms with Gasteiger partial charge in [0.15, 0.2) is 0 Å². The summed E-state index contributed by atoms with van der Waals surface area (Å²) in [6.45, 7) is 0.0740. The lowest BCUT2D eigenvalue weighted by molar-refractivity contribution is 0.280. The van der Waals surface area contributed by atoms with Gasteiger partial charge in [-0.1, -0.05) is 11.6 Å². The van der Waals surface area contributed by atoms with Crippen LogP contribution < -0.4 is 0 Å². The van der Waals surface area contributed by atoms with Crippen LogP contribution in [0.3, 0.4) is 0 Å². The lowest BCUT2D eigenvalue weighted by atomic mass is 9.93. The smallest absolute Gasteiger partial charge is 0.129 e. The molecule has 0 saturated heterocycles. The average molecular weight is 198 g/mol. The van der Waals surface area contributed by atoms with Crippen molar-refractivity contribution in [1.29, 1.82) is 0 Å². The minimum absolute atomic E-state index is 0.0740. The summed E-state index contributed by atoms with van der Waals surface area (Å²) in [7, 11) is 0. The predicted octanol–water partition coefficient (Wildman–Crippen LogP) is 2.11. The van der Waals surface area contributed by atoms with Crippen molar-refractivity contribution in [3.05, 3.63) is 28.0 Å². The van der Waals surface area contributed by atoms with Gasteiger partial charge in [0.2, 0.25) is 0 Å². The summed E-state index contributed by atoms with van der Waals surface area (Å²) in [4.78, 5) is 4.28. The molecule has 2 nitrogen and oxygen atoms in total. The van der Waals surface area contributed by atoms with Gasteiger partial charge in [-0.05, 0) is 42.9 Å². The number of pyridine rings is 1. The molecule has 0 atom stereocenters. The molecule has 0 aromatic carbocycles. The summed E-state index contributed by atoms with van der Waals surface area (Å²) >= 11 is 5.84. The zero-order chi connectivity index (χ0) is 9.26. The van der Waals surface area contributed by atoms with Crippen molar-refractivity contribution in [1.82, 2.24) is 4.98 Å². The zero-order valence-electron chi connectivity index (χ0n) is 7.39. The molecule has 1 aliphatic rings. The summed E-state index contributed by atoms with van der Waals surface area (Å²) in [6, 6.07) is 1.77. The Morgan fingerprint density at radius 3 is 2.92 bits per heavy atom. The van der Waals surface area contributed by atoms with Gasteiger partial charge in [-0.15, -0.1) is 0 Å². The minimum Gasteiger partial charge on any atom is -0.392 e. The molecule has 3 heteroatoms. The third-order valence-electron chi connectivity index (χ3n) is 2.53. The normalized spacial score (nSPS) is 15.5. The van der Waals surface area contributed by atoms with Crippen molar-refractivity contribution in [2.24, 2.45) is 0 Å². The van der Waals surface area contributed by atoms with Crippen LogP contribution in [0.1, 0.15) is 29.7 Å². The van der Waals surface area contributed by atoms with Crippen LogP contribution in [0, 0.1) is 0 Å². The zero-order valence-corrected chi connectivity index (χ0v) is 8.14. The topological polar surface area (TPSA) is 33.1 Å². The van der Waals surface area contributed by atoms with Crippen LogP contribution in [-0.4, -0.2) is 10.1 Å². The Morgan fingerprint density at radius 2 is 2.15 bits per heavy atom. The summed E-state index contributed by atoms with van der Waals surface area (Å²) in [5, 5.41) is 9.64. The van der Waals surface area contributed by atoms with Crippen LogP contribution in [0.4, 0.5) is 0 Å². The number of halogens is 1. The van der Waals surface area contributed by atoms with Crippen molar-refractivity contribution in [3.8, 4) is 0 Å². The SMILES string of the molecule is OCc1cc(Cl)nc2c1CCCC2. The largest absolute Gasteiger partial charge is 0.392 e. The van der Waals surface area contributed by atoms with E-state index in [1.165, 1.54) is 18.4 Å². The molecule has 0 unspecified atom stereocenters. The van der Waals surface area contributed by atoms with Gasteiger partial charge >= 0.3 is 0 Å². The van der Waals surface area contributed by atoms with E-state index in [9.17, 15) is 0 Å². The molecule has 13 heavy (non-hydrogen) atoms. The summed E-state index contributed by atoms with van der Waals surface area (Å²) in [6.07, 6.45) is 4.42. The van der Waals surface area contributed by atoms with Gasteiger partial charge in [-0.3, -0.25) is 0 Å². The molecule has 1 aromatic rings. The van der Waals surface area contributed by atoms with Gasteiger partial charge in [0, 0.05) is 5.69 Å². The van der Waals surface area contributed by atoms with E-state index in [-0.39, 0.29) is 6.61 Å². The summed E-state index contributed by atoms with van der Waals surface area (Å²) in [5.74, 6) is 0. The van der Waals surface area contributed by atoms with Gasteiger partial charge in [-0.25, -0.2) is 4.98 Å². The number of aliphatic hydroxyl groups excluding tert-OH is 1. The van der Waals surface area contributed by atoms with Gasteiger partial charge in [-0.2, -0.15) is 0 Å². The molecular weight excluding hydrogens is 186 g/mol. The van der Waals surface area contributed by atoms with E-state index < -0.39 is 0 Å². The van der Waals surface area contributed by atoms with Crippen molar-refractivity contribution >= 4 is 11.6 Å². The Hall–Kier alpha value is -0.600. The second-order valence-electron chi connectivity index (χ2n) is 3.39. The van der Waals surface area contributed by atoms with Gasteiger partial charge in [0.05, 0.1) is 6.61 Å². The summed E-state index contributed by atoms with van der Waals surface area (Å²) in [5.41, 5.74) is 3.26. The average Bonchev–Trinajstić information content (AvgIpc) is 2.16. The number of hydrogen-bond acceptors (Lipinski definition) is 2. The highest BCUT2D eigenvalue weighted by Gasteiger charge is 2.14. The van der Waals surface area contributed by atoms with Crippen LogP contribution in [0.5, 0.6) is 0 Å². The number of aliphatic hydroxyl groups is 1. The molecule has 2 rings (SSSR count). The molecule has 0 bridgehead atoms. The van der Waals surface area contributed by atoms with Crippen LogP contribution in [0.15, 0.2) is 6.07 Å². The van der Waals surface area contributed by atoms with E-state index in [1.54, 1.807) is 6.07 Å². The summed E-state index contributed by atoms with van der Waals surface area (Å²) < 4.78 is 0. The number of nitrogens with zero attached hydrogens (tertiary/aromatic N) is 1. The number of aryl methyl sites for hydroxylation is 1. The minimum atomic E-state index is 0.0740. The first-order valence-electron chi connectivity index (χ1n) is 4.59. The lowest BCUT2D eigenvalue weighted by Gasteiger charge is -2.17. The molecule has 0 aliphatic heterocycles. The highest BCUT2D eigenvalue weighted by atomic mass is 35.5. The molecule has 1 aromatic heterocycles. The Balaban J connectivity index is 2.50. The number of fused-ring (bicyclic) bond motifs is 1. The maximum atomic E-state index is 9.13. The number of rotatable bonds is 1. The molecule has 0 fully saturated rings. The van der Waals surface area contributed by atoms with Crippen molar-refractivity contribution in [3.63, 3.8) is 0 Å². The van der Waals surface area contributed by atoms with Crippen LogP contribution in [0.2, 0.25) is 5.15 Å². The first kappa shape index (κ1) is 8.97. The fraction of sp³-hybridized carbons (Fsp3) is 0.500. The molecule has 1 aliphatic carbocycles. The third-order valence-corrected chi connectivity index (χ3v) is 2.73. The van der Waals surface area contributed by atoms with Crippen molar-refractivity contribution in [2.75, 3.05) is 0 Å². The maximum Gasteiger partial charge on any atom is 0.129 e. The monoisotopic (exact) mass is 197 g/mol. The second-order valence-corrected chi connectivity index (χ2v) is 3.78. The van der Waals surface area contributed by atoms with Crippen LogP contribution >= 0.6 is 11.6 Å². The number of aromatic nitrogens is 1. The van der Waals surface area contributed by atoms with E-state index in [0.717, 1.165) is 24.1 Å². The second kappa shape index (κ2) is 3.64. The number of hydrogen-bond donors (Lipinski definition) is 1. The van der Waals surface area contributed by atoms with Gasteiger partial charge in [0.1, 0.15) is 5.15 Å². The quantitative estimate of drug-likeness (QED) is 0.700. The molecular formula is C10H12ClNO. The third kappa shape index (κ3) is 1.69. The van der Waals surface area contributed by atoms with E-state index >= 15 is 0 Å². The molecule has 0 spiro atoms. The first-order valence-corrected chi connectivity index (χ1v) is 4.97. The maximum absolute atomic E-state index is 9.13. The standard InChI is InChI=1S/C10H12ClNO/c11-10-5-7(6-13)8-3-1-2-4-9(8)12-10/h5,13H,1-4,6H2. The Morgan fingerprint density at radius 1 is 1.38 bits per heavy atom. The molecule has 1 heterocycles. The van der Waals surface area contributed by atoms with Gasteiger partial charge < -0.3 is 5.11 Å². The fourth-order valence-corrected chi connectivity index (χ4v) is 2.13. The highest BCUT2D eigenvalue weighted by Crippen LogP contribution is 2.25. The molecule has 0 saturated carbocycles. The van der Waals surface area contributed by atoms with E-state index in [1.807, 2.05) is 0 Å². The highest BCUT2D eigenvalue weighted by molar-refractivity contribution is 6.29. The molecule has 1 N–H and O–H groups in total. The fourth-order valence-electron chi connectivity index (χ4n) is 1.89. The van der Waals surface area contributed by atoms with Crippen LogP contribution in [-0.2, 0) is 19.4 Å². The van der Waals surface area contributed by atoms with Gasteiger partial charge in [0.25, 0.3) is 0 Å². The molecule has 0 amide bonds. The Bertz CT molecular complexity index is 308. The molecule has 70 valence electrons. The van der Waals surface area contributed by atoms with E-state index in [4.69, 9.17) is 16.7 Å². The van der Waals surface area contributed by atoms with Crippen LogP contribution in [0.25, 0.3) is 0 Å². The predicted molar refractivity (Wildman–Crippen MR) is 51.8 cm³/mol. The van der Waals surface area contributed by atoms with Crippen molar-refractivity contribution < 1.29 is 5.11 Å². The Labute approximate surface area is 82.6 Å². The van der Waals surface area contributed by atoms with E-state index in [0.29, 0.717) is 5.15 Å². The van der Waals surface area contributed by atoms with Crippen molar-refractivity contribution in [2.45, 2.75) is 32.3 Å². The Kier molecular flexibility index (Phi) is 2.51. The van der Waals surface area contributed by atoms with E-state index in [2.05, 4.69) is 4.98 Å². The first-order chi connectivity index (χ1) is 6.31.